The molecule has 0 spiro atoms. The van der Waals surface area contributed by atoms with Gasteiger partial charge in [0.15, 0.2) is 9.84 Å². The number of carbonyl (C=O) groups is 1. The summed E-state index contributed by atoms with van der Waals surface area (Å²) < 4.78 is 23.9. The molecule has 5 nitrogen and oxygen atoms in total. The summed E-state index contributed by atoms with van der Waals surface area (Å²) in [6, 6.07) is 7.97. The molecule has 1 saturated carbocycles. The van der Waals surface area contributed by atoms with Crippen LogP contribution in [0.4, 0.5) is 5.69 Å². The summed E-state index contributed by atoms with van der Waals surface area (Å²) in [6.07, 6.45) is 8.02. The lowest BCUT2D eigenvalue weighted by atomic mass is 9.93. The zero-order chi connectivity index (χ0) is 18.6. The van der Waals surface area contributed by atoms with E-state index >= 15 is 0 Å². The Bertz CT molecular complexity index is 730. The predicted octanol–water partition coefficient (Wildman–Crippen LogP) is 3.17. The molecular formula is C19H28N2O3S2. The first-order chi connectivity index (χ1) is 12.5. The highest BCUT2D eigenvalue weighted by molar-refractivity contribution is 7.98. The monoisotopic (exact) mass is 396 g/mol. The maximum absolute atomic E-state index is 13.1. The van der Waals surface area contributed by atoms with Crippen molar-refractivity contribution in [1.29, 1.82) is 0 Å². The van der Waals surface area contributed by atoms with Crippen LogP contribution < -0.4 is 5.32 Å². The van der Waals surface area contributed by atoms with E-state index in [-0.39, 0.29) is 36.0 Å². The highest BCUT2D eigenvalue weighted by atomic mass is 32.2. The second-order valence-corrected chi connectivity index (χ2v) is 10.3. The number of anilines is 1. The number of rotatable bonds is 6. The first-order valence-electron chi connectivity index (χ1n) is 9.38. The summed E-state index contributed by atoms with van der Waals surface area (Å²) in [5.41, 5.74) is 0.955. The van der Waals surface area contributed by atoms with Gasteiger partial charge in [0.25, 0.3) is 0 Å². The Hall–Kier alpha value is -1.21. The van der Waals surface area contributed by atoms with Crippen molar-refractivity contribution >= 4 is 33.2 Å². The van der Waals surface area contributed by atoms with E-state index in [0.717, 1.165) is 36.3 Å². The van der Waals surface area contributed by atoms with Gasteiger partial charge in [0.05, 0.1) is 18.1 Å². The van der Waals surface area contributed by atoms with Crippen LogP contribution in [0.15, 0.2) is 29.2 Å². The molecule has 1 atom stereocenters. The first-order valence-corrected chi connectivity index (χ1v) is 12.4. The van der Waals surface area contributed by atoms with E-state index in [1.54, 1.807) is 11.8 Å². The van der Waals surface area contributed by atoms with Gasteiger partial charge in [0.1, 0.15) is 0 Å². The predicted molar refractivity (Wildman–Crippen MR) is 107 cm³/mol. The van der Waals surface area contributed by atoms with Crippen molar-refractivity contribution < 1.29 is 13.2 Å². The fourth-order valence-electron chi connectivity index (χ4n) is 4.11. The summed E-state index contributed by atoms with van der Waals surface area (Å²) in [7, 11) is -3.01. The van der Waals surface area contributed by atoms with Crippen LogP contribution in [0.25, 0.3) is 0 Å². The molecule has 1 aromatic rings. The Morgan fingerprint density at radius 1 is 1.15 bits per heavy atom. The fraction of sp³-hybridized carbons (Fsp3) is 0.632. The number of carbonyl (C=O) groups excluding carboxylic acids is 1. The zero-order valence-corrected chi connectivity index (χ0v) is 16.9. The van der Waals surface area contributed by atoms with Crippen molar-refractivity contribution in [3.63, 3.8) is 0 Å². The number of nitrogens with one attached hydrogen (secondary N) is 1. The van der Waals surface area contributed by atoms with E-state index in [1.165, 1.54) is 6.42 Å². The van der Waals surface area contributed by atoms with Crippen LogP contribution in [0.1, 0.15) is 38.5 Å². The number of amides is 1. The van der Waals surface area contributed by atoms with E-state index < -0.39 is 9.84 Å². The van der Waals surface area contributed by atoms with Gasteiger partial charge < -0.3 is 10.2 Å². The number of thioether (sulfide) groups is 1. The summed E-state index contributed by atoms with van der Waals surface area (Å²) >= 11 is 1.64. The highest BCUT2D eigenvalue weighted by Crippen LogP contribution is 2.29. The minimum atomic E-state index is -3.01. The van der Waals surface area contributed by atoms with Crippen LogP contribution in [0.5, 0.6) is 0 Å². The number of para-hydroxylation sites is 1. The van der Waals surface area contributed by atoms with Gasteiger partial charge in [-0.25, -0.2) is 8.42 Å². The molecule has 1 heterocycles. The maximum Gasteiger partial charge on any atom is 0.242 e. The van der Waals surface area contributed by atoms with Crippen molar-refractivity contribution in [2.45, 2.75) is 55.5 Å². The maximum atomic E-state index is 13.1. The second kappa shape index (κ2) is 8.65. The standard InChI is InChI=1S/C19H28N2O3S2/c1-25-18-10-6-5-9-17(18)20-13-19(22)21(15-7-3-2-4-8-15)16-11-12-26(23,24)14-16/h5-6,9-10,15-16,20H,2-4,7-8,11-14H2,1H3. The molecular weight excluding hydrogens is 368 g/mol. The molecule has 1 aliphatic heterocycles. The molecule has 0 radical (unpaired) electrons. The average Bonchev–Trinajstić information content (AvgIpc) is 3.00. The molecule has 2 fully saturated rings. The topological polar surface area (TPSA) is 66.5 Å². The Balaban J connectivity index is 1.72. The van der Waals surface area contributed by atoms with Gasteiger partial charge in [-0.1, -0.05) is 31.4 Å². The van der Waals surface area contributed by atoms with Crippen molar-refractivity contribution in [2.75, 3.05) is 29.6 Å². The molecule has 1 amide bonds. The van der Waals surface area contributed by atoms with Crippen LogP contribution in [0, 0.1) is 0 Å². The molecule has 0 bridgehead atoms. The summed E-state index contributed by atoms with van der Waals surface area (Å²) in [6.45, 7) is 0.213. The molecule has 26 heavy (non-hydrogen) atoms. The Morgan fingerprint density at radius 2 is 1.88 bits per heavy atom. The van der Waals surface area contributed by atoms with E-state index in [4.69, 9.17) is 0 Å². The number of sulfone groups is 1. The van der Waals surface area contributed by atoms with Gasteiger partial charge in [-0.2, -0.15) is 0 Å². The Morgan fingerprint density at radius 3 is 2.54 bits per heavy atom. The summed E-state index contributed by atoms with van der Waals surface area (Å²) in [5.74, 6) is 0.350. The van der Waals surface area contributed by atoms with Gasteiger partial charge in [-0.3, -0.25) is 4.79 Å². The fourth-order valence-corrected chi connectivity index (χ4v) is 6.40. The average molecular weight is 397 g/mol. The van der Waals surface area contributed by atoms with E-state index in [1.807, 2.05) is 35.4 Å². The second-order valence-electron chi connectivity index (χ2n) is 7.20. The van der Waals surface area contributed by atoms with Crippen LogP contribution in [0.3, 0.4) is 0 Å². The number of hydrogen-bond donors (Lipinski definition) is 1. The van der Waals surface area contributed by atoms with Crippen molar-refractivity contribution in [3.05, 3.63) is 24.3 Å². The normalized spacial score (nSPS) is 22.9. The van der Waals surface area contributed by atoms with Gasteiger partial charge in [-0.05, 0) is 37.7 Å². The smallest absolute Gasteiger partial charge is 0.242 e. The molecule has 0 aromatic heterocycles. The lowest BCUT2D eigenvalue weighted by molar-refractivity contribution is -0.134. The van der Waals surface area contributed by atoms with Crippen LogP contribution >= 0.6 is 11.8 Å². The van der Waals surface area contributed by atoms with Gasteiger partial charge in [-0.15, -0.1) is 11.8 Å². The highest BCUT2D eigenvalue weighted by Gasteiger charge is 2.38. The SMILES string of the molecule is CSc1ccccc1NCC(=O)N(C1CCCCC1)C1CCS(=O)(=O)C1. The van der Waals surface area contributed by atoms with Gasteiger partial charge in [0.2, 0.25) is 5.91 Å². The van der Waals surface area contributed by atoms with Gasteiger partial charge in [0, 0.05) is 22.7 Å². The van der Waals surface area contributed by atoms with E-state index in [9.17, 15) is 13.2 Å². The molecule has 1 unspecified atom stereocenters. The largest absolute Gasteiger partial charge is 0.375 e. The molecule has 2 aliphatic rings. The zero-order valence-electron chi connectivity index (χ0n) is 15.3. The summed E-state index contributed by atoms with van der Waals surface area (Å²) in [5, 5.41) is 3.27. The lowest BCUT2D eigenvalue weighted by Gasteiger charge is -2.38. The molecule has 1 saturated heterocycles. The quantitative estimate of drug-likeness (QED) is 0.748. The van der Waals surface area contributed by atoms with Crippen molar-refractivity contribution in [3.8, 4) is 0 Å². The number of nitrogens with zero attached hydrogens (tertiary/aromatic N) is 1. The third-order valence-corrected chi connectivity index (χ3v) is 7.94. The van der Waals surface area contributed by atoms with Crippen molar-refractivity contribution in [1.82, 2.24) is 4.90 Å². The third-order valence-electron chi connectivity index (χ3n) is 5.39. The molecule has 144 valence electrons. The molecule has 3 rings (SSSR count). The minimum Gasteiger partial charge on any atom is -0.375 e. The van der Waals surface area contributed by atoms with Crippen LogP contribution in [-0.2, 0) is 14.6 Å². The minimum absolute atomic E-state index is 0.0231. The number of benzene rings is 1. The third kappa shape index (κ3) is 4.74. The van der Waals surface area contributed by atoms with Gasteiger partial charge >= 0.3 is 0 Å². The first kappa shape index (κ1) is 19.5. The van der Waals surface area contributed by atoms with Crippen LogP contribution in [0.2, 0.25) is 0 Å². The number of hydrogen-bond acceptors (Lipinski definition) is 5. The summed E-state index contributed by atoms with van der Waals surface area (Å²) in [4.78, 5) is 16.1. The molecule has 1 aromatic carbocycles. The van der Waals surface area contributed by atoms with E-state index in [0.29, 0.717) is 6.42 Å². The van der Waals surface area contributed by atoms with E-state index in [2.05, 4.69) is 5.32 Å². The molecule has 1 N–H and O–H groups in total. The molecule has 1 aliphatic carbocycles. The Labute approximate surface area is 160 Å². The van der Waals surface area contributed by atoms with Crippen molar-refractivity contribution in [2.24, 2.45) is 0 Å². The van der Waals surface area contributed by atoms with Crippen LogP contribution in [-0.4, -0.2) is 55.6 Å². The molecule has 7 heteroatoms. The Kier molecular flexibility index (Phi) is 6.51. The lowest BCUT2D eigenvalue weighted by Crippen LogP contribution is -2.50.